The van der Waals surface area contributed by atoms with Crippen LogP contribution in [0.15, 0.2) is 48.7 Å². The highest BCUT2D eigenvalue weighted by molar-refractivity contribution is 5.94. The summed E-state index contributed by atoms with van der Waals surface area (Å²) in [6.45, 7) is 1.39. The molecule has 20 heavy (non-hydrogen) atoms. The molecule has 0 unspecified atom stereocenters. The molecular weight excluding hydrogens is 252 g/mol. The minimum atomic E-state index is -0.0419. The first-order valence-electron chi connectivity index (χ1n) is 6.54. The van der Waals surface area contributed by atoms with E-state index in [0.717, 1.165) is 18.7 Å². The Balaban J connectivity index is 1.64. The number of nitrogens with one attached hydrogen (secondary N) is 2. The van der Waals surface area contributed by atoms with Gasteiger partial charge in [-0.1, -0.05) is 18.2 Å². The number of nitrogens with zero attached hydrogens (tertiary/aromatic N) is 1. The van der Waals surface area contributed by atoms with Crippen LogP contribution in [-0.2, 0) is 0 Å². The van der Waals surface area contributed by atoms with Crippen molar-refractivity contribution >= 4 is 17.4 Å². The van der Waals surface area contributed by atoms with Gasteiger partial charge < -0.3 is 16.4 Å². The number of nitrogen functional groups attached to an aromatic ring is 1. The Morgan fingerprint density at radius 3 is 2.60 bits per heavy atom. The average molecular weight is 270 g/mol. The van der Waals surface area contributed by atoms with Crippen molar-refractivity contribution in [1.29, 1.82) is 0 Å². The Morgan fingerprint density at radius 1 is 1.10 bits per heavy atom. The lowest BCUT2D eigenvalue weighted by molar-refractivity contribution is 0.0953. The molecule has 0 atom stereocenters. The van der Waals surface area contributed by atoms with Crippen molar-refractivity contribution in [1.82, 2.24) is 10.3 Å². The lowest BCUT2D eigenvalue weighted by Crippen LogP contribution is -2.25. The van der Waals surface area contributed by atoms with Crippen molar-refractivity contribution < 1.29 is 4.79 Å². The van der Waals surface area contributed by atoms with Gasteiger partial charge in [0.2, 0.25) is 0 Å². The number of hydrogen-bond acceptors (Lipinski definition) is 4. The summed E-state index contributed by atoms with van der Waals surface area (Å²) in [6, 6.07) is 12.8. The van der Waals surface area contributed by atoms with E-state index in [4.69, 9.17) is 5.73 Å². The molecule has 1 aromatic carbocycles. The van der Waals surface area contributed by atoms with E-state index in [-0.39, 0.29) is 5.91 Å². The summed E-state index contributed by atoms with van der Waals surface area (Å²) in [6.07, 6.45) is 2.53. The maximum Gasteiger partial charge on any atom is 0.251 e. The third-order valence-electron chi connectivity index (χ3n) is 2.79. The average Bonchev–Trinajstić information content (AvgIpc) is 2.49. The number of pyridine rings is 1. The summed E-state index contributed by atoms with van der Waals surface area (Å²) >= 11 is 0. The maximum absolute atomic E-state index is 11.8. The first-order chi connectivity index (χ1) is 9.75. The first-order valence-corrected chi connectivity index (χ1v) is 6.54. The highest BCUT2D eigenvalue weighted by Crippen LogP contribution is 2.06. The van der Waals surface area contributed by atoms with Gasteiger partial charge in [-0.3, -0.25) is 4.79 Å². The molecule has 4 N–H and O–H groups in total. The number of carbonyl (C=O) groups excluding carboxylic acids is 1. The molecule has 0 bridgehead atoms. The Kier molecular flexibility index (Phi) is 4.94. The second-order valence-corrected chi connectivity index (χ2v) is 4.37. The Labute approximate surface area is 118 Å². The molecule has 104 valence electrons. The van der Waals surface area contributed by atoms with Gasteiger partial charge in [-0.25, -0.2) is 4.98 Å². The van der Waals surface area contributed by atoms with E-state index in [2.05, 4.69) is 15.6 Å². The number of anilines is 2. The molecule has 0 spiro atoms. The van der Waals surface area contributed by atoms with E-state index in [9.17, 15) is 4.79 Å². The summed E-state index contributed by atoms with van der Waals surface area (Å²) in [5.41, 5.74) is 7.11. The highest BCUT2D eigenvalue weighted by Gasteiger charge is 2.02. The van der Waals surface area contributed by atoms with Crippen LogP contribution in [0, 0.1) is 0 Å². The summed E-state index contributed by atoms with van der Waals surface area (Å²) in [7, 11) is 0. The zero-order valence-electron chi connectivity index (χ0n) is 11.2. The highest BCUT2D eigenvalue weighted by atomic mass is 16.1. The number of rotatable bonds is 6. The van der Waals surface area contributed by atoms with Crippen LogP contribution in [0.1, 0.15) is 16.8 Å². The topological polar surface area (TPSA) is 80.0 Å². The summed E-state index contributed by atoms with van der Waals surface area (Å²) in [5.74, 6) is 0.463. The van der Waals surface area contributed by atoms with Crippen molar-refractivity contribution in [3.05, 3.63) is 54.2 Å². The largest absolute Gasteiger partial charge is 0.384 e. The Morgan fingerprint density at radius 2 is 1.90 bits per heavy atom. The van der Waals surface area contributed by atoms with Gasteiger partial charge in [0, 0.05) is 18.7 Å². The number of carbonyl (C=O) groups is 1. The fraction of sp³-hybridized carbons (Fsp3) is 0.200. The monoisotopic (exact) mass is 270 g/mol. The van der Waals surface area contributed by atoms with E-state index < -0.39 is 0 Å². The van der Waals surface area contributed by atoms with Crippen molar-refractivity contribution in [2.24, 2.45) is 0 Å². The SMILES string of the molecule is Nc1ccc(NCCCNC(=O)c2ccccc2)cn1. The second kappa shape index (κ2) is 7.13. The maximum atomic E-state index is 11.8. The van der Waals surface area contributed by atoms with Crippen LogP contribution in [0.2, 0.25) is 0 Å². The van der Waals surface area contributed by atoms with Gasteiger partial charge >= 0.3 is 0 Å². The minimum absolute atomic E-state index is 0.0419. The van der Waals surface area contributed by atoms with E-state index in [1.165, 1.54) is 0 Å². The molecule has 2 rings (SSSR count). The van der Waals surface area contributed by atoms with E-state index in [0.29, 0.717) is 17.9 Å². The Hall–Kier alpha value is -2.56. The molecule has 0 aliphatic rings. The second-order valence-electron chi connectivity index (χ2n) is 4.37. The number of benzene rings is 1. The fourth-order valence-electron chi connectivity index (χ4n) is 1.72. The zero-order valence-corrected chi connectivity index (χ0v) is 11.2. The quantitative estimate of drug-likeness (QED) is 0.700. The van der Waals surface area contributed by atoms with Crippen LogP contribution < -0.4 is 16.4 Å². The van der Waals surface area contributed by atoms with Crippen molar-refractivity contribution in [2.75, 3.05) is 24.1 Å². The molecule has 0 saturated heterocycles. The smallest absolute Gasteiger partial charge is 0.251 e. The normalized spacial score (nSPS) is 10.0. The van der Waals surface area contributed by atoms with Crippen LogP contribution in [0.5, 0.6) is 0 Å². The van der Waals surface area contributed by atoms with Gasteiger partial charge in [0.25, 0.3) is 5.91 Å². The molecule has 5 nitrogen and oxygen atoms in total. The lowest BCUT2D eigenvalue weighted by atomic mass is 10.2. The molecule has 5 heteroatoms. The van der Waals surface area contributed by atoms with Crippen molar-refractivity contribution in [3.8, 4) is 0 Å². The van der Waals surface area contributed by atoms with Gasteiger partial charge in [0.05, 0.1) is 11.9 Å². The minimum Gasteiger partial charge on any atom is -0.384 e. The van der Waals surface area contributed by atoms with Crippen molar-refractivity contribution in [3.63, 3.8) is 0 Å². The molecule has 1 amide bonds. The van der Waals surface area contributed by atoms with Gasteiger partial charge in [-0.05, 0) is 30.7 Å². The number of aromatic nitrogens is 1. The number of hydrogen-bond donors (Lipinski definition) is 3. The van der Waals surface area contributed by atoms with Crippen molar-refractivity contribution in [2.45, 2.75) is 6.42 Å². The van der Waals surface area contributed by atoms with Crippen LogP contribution in [0.4, 0.5) is 11.5 Å². The number of amides is 1. The molecule has 0 fully saturated rings. The number of nitrogens with two attached hydrogens (primary N) is 1. The fourth-order valence-corrected chi connectivity index (χ4v) is 1.72. The first kappa shape index (κ1) is 13.9. The van der Waals surface area contributed by atoms with Gasteiger partial charge in [-0.2, -0.15) is 0 Å². The molecule has 0 aliphatic carbocycles. The van der Waals surface area contributed by atoms with Crippen LogP contribution in [-0.4, -0.2) is 24.0 Å². The van der Waals surface area contributed by atoms with Gasteiger partial charge in [-0.15, -0.1) is 0 Å². The van der Waals surface area contributed by atoms with E-state index in [1.807, 2.05) is 24.3 Å². The summed E-state index contributed by atoms with van der Waals surface area (Å²) in [4.78, 5) is 15.8. The molecule has 1 heterocycles. The molecule has 0 aliphatic heterocycles. The summed E-state index contributed by atoms with van der Waals surface area (Å²) < 4.78 is 0. The van der Waals surface area contributed by atoms with Crippen LogP contribution in [0.25, 0.3) is 0 Å². The van der Waals surface area contributed by atoms with Gasteiger partial charge in [0.1, 0.15) is 5.82 Å². The van der Waals surface area contributed by atoms with Crippen LogP contribution in [0.3, 0.4) is 0 Å². The Bertz CT molecular complexity index is 540. The zero-order chi connectivity index (χ0) is 14.2. The lowest BCUT2D eigenvalue weighted by Gasteiger charge is -2.07. The van der Waals surface area contributed by atoms with Gasteiger partial charge in [0.15, 0.2) is 0 Å². The van der Waals surface area contributed by atoms with Crippen LogP contribution >= 0.6 is 0 Å². The third kappa shape index (κ3) is 4.28. The standard InChI is InChI=1S/C15H18N4O/c16-14-8-7-13(11-19-14)17-9-4-10-18-15(20)12-5-2-1-3-6-12/h1-3,5-8,11,17H,4,9-10H2,(H2,16,19)(H,18,20). The third-order valence-corrected chi connectivity index (χ3v) is 2.79. The predicted octanol–water partition coefficient (Wildman–Crippen LogP) is 1.90. The molecular formula is C15H18N4O. The van der Waals surface area contributed by atoms with E-state index in [1.54, 1.807) is 24.4 Å². The molecule has 1 aromatic heterocycles. The molecule has 0 radical (unpaired) electrons. The molecule has 2 aromatic rings. The summed E-state index contributed by atoms with van der Waals surface area (Å²) in [5, 5.41) is 6.10. The molecule has 0 saturated carbocycles. The predicted molar refractivity (Wildman–Crippen MR) is 80.5 cm³/mol. The van der Waals surface area contributed by atoms with E-state index >= 15 is 0 Å².